The zero-order valence-corrected chi connectivity index (χ0v) is 18.4. The van der Waals surface area contributed by atoms with Gasteiger partial charge in [0.05, 0.1) is 12.3 Å². The first kappa shape index (κ1) is 20.9. The molecule has 33 heavy (non-hydrogen) atoms. The quantitative estimate of drug-likeness (QED) is 0.537. The van der Waals surface area contributed by atoms with Crippen LogP contribution in [0.5, 0.6) is 0 Å². The average molecular weight is 445 g/mol. The lowest BCUT2D eigenvalue weighted by atomic mass is 9.96. The van der Waals surface area contributed by atoms with Gasteiger partial charge >= 0.3 is 0 Å². The van der Waals surface area contributed by atoms with Crippen molar-refractivity contribution >= 4 is 17.2 Å². The van der Waals surface area contributed by atoms with Gasteiger partial charge in [0.15, 0.2) is 5.69 Å². The lowest BCUT2D eigenvalue weighted by molar-refractivity contribution is 0.0713. The van der Waals surface area contributed by atoms with Gasteiger partial charge in [-0.3, -0.25) is 4.79 Å². The Morgan fingerprint density at radius 3 is 2.76 bits per heavy atom. The van der Waals surface area contributed by atoms with Gasteiger partial charge < -0.3 is 18.8 Å². The highest BCUT2D eigenvalue weighted by molar-refractivity contribution is 6.00. The lowest BCUT2D eigenvalue weighted by Gasteiger charge is -2.21. The third-order valence-electron chi connectivity index (χ3n) is 5.74. The van der Waals surface area contributed by atoms with Crippen LogP contribution in [0.1, 0.15) is 52.9 Å². The van der Waals surface area contributed by atoms with Crippen molar-refractivity contribution in [2.75, 3.05) is 13.7 Å². The molecule has 0 bridgehead atoms. The standard InChI is InChI=1S/C24H23N5O4/c1-15-12-20(27-32-15)22-25-23(33-28-22)21-13-19(26-31-2)14-29(21)24(30)18-10-8-17(9-11-18)16-6-4-3-5-7-16/h3-4,6,8-12,21H,5,7,13-14H2,1-2H3/b26-19+. The van der Waals surface area contributed by atoms with E-state index in [2.05, 4.69) is 38.7 Å². The lowest BCUT2D eigenvalue weighted by Crippen LogP contribution is -2.31. The van der Waals surface area contributed by atoms with Gasteiger partial charge in [0.25, 0.3) is 5.91 Å². The molecule has 5 rings (SSSR count). The summed E-state index contributed by atoms with van der Waals surface area (Å²) in [7, 11) is 1.48. The van der Waals surface area contributed by atoms with Crippen molar-refractivity contribution in [2.24, 2.45) is 5.16 Å². The molecule has 0 spiro atoms. The summed E-state index contributed by atoms with van der Waals surface area (Å²) in [6, 6.07) is 8.97. The minimum absolute atomic E-state index is 0.137. The first-order valence-electron chi connectivity index (χ1n) is 10.8. The normalized spacial score (nSPS) is 19.2. The van der Waals surface area contributed by atoms with Crippen molar-refractivity contribution in [1.82, 2.24) is 20.2 Å². The maximum atomic E-state index is 13.4. The number of carbonyl (C=O) groups excluding carboxylic acids is 1. The predicted molar refractivity (Wildman–Crippen MR) is 120 cm³/mol. The topological polar surface area (TPSA) is 107 Å². The Bertz CT molecular complexity index is 1250. The number of rotatable bonds is 5. The van der Waals surface area contributed by atoms with Crippen molar-refractivity contribution in [2.45, 2.75) is 32.2 Å². The van der Waals surface area contributed by atoms with Gasteiger partial charge in [-0.05, 0) is 43.0 Å². The van der Waals surface area contributed by atoms with Crippen molar-refractivity contribution in [3.63, 3.8) is 0 Å². The summed E-state index contributed by atoms with van der Waals surface area (Å²) in [5.41, 5.74) is 4.18. The van der Waals surface area contributed by atoms with Crippen molar-refractivity contribution < 1.29 is 18.7 Å². The van der Waals surface area contributed by atoms with Crippen LogP contribution in [0.4, 0.5) is 0 Å². The fourth-order valence-corrected chi connectivity index (χ4v) is 4.12. The second-order valence-electron chi connectivity index (χ2n) is 8.01. The van der Waals surface area contributed by atoms with Gasteiger partial charge in [0.1, 0.15) is 18.9 Å². The number of carbonyl (C=O) groups is 1. The molecule has 1 aromatic carbocycles. The van der Waals surface area contributed by atoms with Gasteiger partial charge in [0.2, 0.25) is 11.7 Å². The molecule has 9 heteroatoms. The van der Waals surface area contributed by atoms with E-state index >= 15 is 0 Å². The van der Waals surface area contributed by atoms with E-state index in [9.17, 15) is 4.79 Å². The highest BCUT2D eigenvalue weighted by Gasteiger charge is 2.38. The first-order chi connectivity index (χ1) is 16.1. The molecule has 2 aliphatic rings. The molecule has 1 unspecified atom stereocenters. The van der Waals surface area contributed by atoms with Gasteiger partial charge in [-0.25, -0.2) is 0 Å². The molecule has 9 nitrogen and oxygen atoms in total. The zero-order chi connectivity index (χ0) is 22.8. The molecular formula is C24H23N5O4. The Labute approximate surface area is 190 Å². The van der Waals surface area contributed by atoms with E-state index in [0.717, 1.165) is 24.1 Å². The Balaban J connectivity index is 1.41. The average Bonchev–Trinajstić information content (AvgIpc) is 3.59. The molecule has 1 atom stereocenters. The van der Waals surface area contributed by atoms with E-state index < -0.39 is 6.04 Å². The summed E-state index contributed by atoms with van der Waals surface area (Å²) < 4.78 is 10.6. The zero-order valence-electron chi connectivity index (χ0n) is 18.4. The third-order valence-corrected chi connectivity index (χ3v) is 5.74. The number of hydrogen-bond acceptors (Lipinski definition) is 8. The molecule has 1 saturated heterocycles. The molecule has 0 saturated carbocycles. The van der Waals surface area contributed by atoms with Crippen LogP contribution in [0.15, 0.2) is 62.8 Å². The number of amides is 1. The number of aromatic nitrogens is 3. The SMILES string of the molecule is CO/N=C1\CC(c2nc(-c3cc(C)on3)no2)N(C(=O)c2ccc(C3=CC=CCC3)cc2)C1. The van der Waals surface area contributed by atoms with E-state index in [-0.39, 0.29) is 5.91 Å². The Hall–Kier alpha value is -4.01. The van der Waals surface area contributed by atoms with Crippen molar-refractivity contribution in [1.29, 1.82) is 0 Å². The number of allylic oxidation sites excluding steroid dienone is 4. The van der Waals surface area contributed by atoms with Gasteiger partial charge in [-0.2, -0.15) is 4.98 Å². The van der Waals surface area contributed by atoms with Gasteiger partial charge in [0, 0.05) is 18.1 Å². The van der Waals surface area contributed by atoms with E-state index in [1.165, 1.54) is 12.7 Å². The van der Waals surface area contributed by atoms with Crippen LogP contribution < -0.4 is 0 Å². The molecule has 0 N–H and O–H groups in total. The van der Waals surface area contributed by atoms with E-state index in [1.54, 1.807) is 17.9 Å². The molecule has 168 valence electrons. The van der Waals surface area contributed by atoms with Crippen LogP contribution in [0.3, 0.4) is 0 Å². The molecule has 1 aliphatic carbocycles. The first-order valence-corrected chi connectivity index (χ1v) is 10.8. The van der Waals surface area contributed by atoms with Crippen LogP contribution >= 0.6 is 0 Å². The highest BCUT2D eigenvalue weighted by atomic mass is 16.6. The minimum Gasteiger partial charge on any atom is -0.399 e. The minimum atomic E-state index is -0.452. The number of aryl methyl sites for hydroxylation is 1. The molecule has 3 aromatic rings. The molecular weight excluding hydrogens is 422 g/mol. The van der Waals surface area contributed by atoms with Crippen LogP contribution in [-0.4, -0.2) is 45.5 Å². The number of benzene rings is 1. The number of likely N-dealkylation sites (tertiary alicyclic amines) is 1. The second-order valence-corrected chi connectivity index (χ2v) is 8.01. The summed E-state index contributed by atoms with van der Waals surface area (Å²) >= 11 is 0. The summed E-state index contributed by atoms with van der Waals surface area (Å²) in [5, 5.41) is 12.0. The maximum absolute atomic E-state index is 13.4. The highest BCUT2D eigenvalue weighted by Crippen LogP contribution is 2.33. The number of nitrogens with zero attached hydrogens (tertiary/aromatic N) is 5. The van der Waals surface area contributed by atoms with E-state index in [0.29, 0.717) is 41.7 Å². The summed E-state index contributed by atoms with van der Waals surface area (Å²) in [5.74, 6) is 1.14. The Kier molecular flexibility index (Phi) is 5.60. The van der Waals surface area contributed by atoms with Crippen molar-refractivity contribution in [3.05, 3.63) is 71.3 Å². The summed E-state index contributed by atoms with van der Waals surface area (Å²) in [6.45, 7) is 2.10. The Morgan fingerprint density at radius 2 is 2.06 bits per heavy atom. The molecule has 2 aromatic heterocycles. The van der Waals surface area contributed by atoms with E-state index in [1.807, 2.05) is 24.3 Å². The smallest absolute Gasteiger partial charge is 0.254 e. The Morgan fingerprint density at radius 1 is 1.21 bits per heavy atom. The fraction of sp³-hybridized carbons (Fsp3) is 0.292. The van der Waals surface area contributed by atoms with Crippen LogP contribution in [0.2, 0.25) is 0 Å². The number of hydrogen-bond donors (Lipinski definition) is 0. The fourth-order valence-electron chi connectivity index (χ4n) is 4.12. The molecule has 1 aliphatic heterocycles. The summed E-state index contributed by atoms with van der Waals surface area (Å²) in [4.78, 5) is 24.5. The predicted octanol–water partition coefficient (Wildman–Crippen LogP) is 4.36. The number of oxime groups is 1. The van der Waals surface area contributed by atoms with Gasteiger partial charge in [-0.15, -0.1) is 0 Å². The molecule has 0 radical (unpaired) electrons. The monoisotopic (exact) mass is 445 g/mol. The molecule has 1 amide bonds. The van der Waals surface area contributed by atoms with Crippen LogP contribution in [0.25, 0.3) is 17.1 Å². The third kappa shape index (κ3) is 4.21. The largest absolute Gasteiger partial charge is 0.399 e. The van der Waals surface area contributed by atoms with Gasteiger partial charge in [-0.1, -0.05) is 45.8 Å². The molecule has 3 heterocycles. The maximum Gasteiger partial charge on any atom is 0.254 e. The summed E-state index contributed by atoms with van der Waals surface area (Å²) in [6.07, 6.45) is 8.82. The van der Waals surface area contributed by atoms with E-state index in [4.69, 9.17) is 13.9 Å². The van der Waals surface area contributed by atoms with Crippen LogP contribution in [-0.2, 0) is 4.84 Å². The van der Waals surface area contributed by atoms with Crippen molar-refractivity contribution in [3.8, 4) is 11.5 Å². The van der Waals surface area contributed by atoms with Crippen LogP contribution in [0, 0.1) is 6.92 Å². The molecule has 1 fully saturated rings. The second kappa shape index (κ2) is 8.85.